The number of H-pyrrole nitrogens is 1. The van der Waals surface area contributed by atoms with Gasteiger partial charge in [-0.15, -0.1) is 0 Å². The van der Waals surface area contributed by atoms with Gasteiger partial charge in [0.1, 0.15) is 5.82 Å². The Balaban J connectivity index is 1.65. The summed E-state index contributed by atoms with van der Waals surface area (Å²) in [5, 5.41) is 6.36. The number of fused-ring (bicyclic) bond motifs is 4. The largest absolute Gasteiger partial charge is 0.404 e. The number of hydrogen-bond acceptors (Lipinski definition) is 4. The smallest absolute Gasteiger partial charge is 0.253 e. The molecule has 1 aromatic carbocycles. The molecule has 1 saturated heterocycles. The number of aromatic nitrogens is 1. The Morgan fingerprint density at radius 1 is 1.28 bits per heavy atom. The highest BCUT2D eigenvalue weighted by Crippen LogP contribution is 2.39. The maximum Gasteiger partial charge on any atom is 0.253 e. The van der Waals surface area contributed by atoms with Crippen molar-refractivity contribution in [3.8, 4) is 0 Å². The summed E-state index contributed by atoms with van der Waals surface area (Å²) in [5.74, 6) is -0.382. The first-order chi connectivity index (χ1) is 14.0. The zero-order valence-corrected chi connectivity index (χ0v) is 15.9. The number of aromatic amines is 1. The number of hydrogen-bond donors (Lipinski definition) is 4. The lowest BCUT2D eigenvalue weighted by atomic mass is 9.74. The quantitative estimate of drug-likeness (QED) is 0.631. The zero-order chi connectivity index (χ0) is 20.2. The molecule has 6 nitrogen and oxygen atoms in total. The van der Waals surface area contributed by atoms with Gasteiger partial charge in [-0.1, -0.05) is 18.7 Å². The van der Waals surface area contributed by atoms with Crippen LogP contribution in [0.1, 0.15) is 39.3 Å². The van der Waals surface area contributed by atoms with Crippen LogP contribution in [0.5, 0.6) is 0 Å². The van der Waals surface area contributed by atoms with Crippen molar-refractivity contribution < 1.29 is 9.18 Å². The van der Waals surface area contributed by atoms with E-state index in [1.807, 2.05) is 0 Å². The highest BCUT2D eigenvalue weighted by molar-refractivity contribution is 6.17. The van der Waals surface area contributed by atoms with Crippen molar-refractivity contribution >= 4 is 17.3 Å². The van der Waals surface area contributed by atoms with Crippen molar-refractivity contribution in [2.45, 2.75) is 18.3 Å². The van der Waals surface area contributed by atoms with E-state index in [9.17, 15) is 9.18 Å². The molecule has 3 aliphatic rings. The number of nitrogens with one attached hydrogen (secondary N) is 3. The maximum atomic E-state index is 13.6. The van der Waals surface area contributed by atoms with Crippen LogP contribution in [0.25, 0.3) is 5.70 Å². The fraction of sp³-hybridized carbons (Fsp3) is 0.273. The molecule has 0 unspecified atom stereocenters. The number of carbonyl (C=O) groups is 1. The molecule has 1 amide bonds. The molecule has 0 atom stereocenters. The van der Waals surface area contributed by atoms with Crippen molar-refractivity contribution in [2.24, 2.45) is 10.7 Å². The molecular formula is C22H22FN5O. The van der Waals surface area contributed by atoms with Crippen LogP contribution in [-0.2, 0) is 11.8 Å². The molecule has 1 aromatic heterocycles. The van der Waals surface area contributed by atoms with Crippen LogP contribution in [0.3, 0.4) is 0 Å². The van der Waals surface area contributed by atoms with Gasteiger partial charge in [0.05, 0.1) is 28.1 Å². The molecule has 0 bridgehead atoms. The molecular weight excluding hydrogens is 369 g/mol. The maximum absolute atomic E-state index is 13.6. The van der Waals surface area contributed by atoms with Gasteiger partial charge < -0.3 is 21.4 Å². The third-order valence-electron chi connectivity index (χ3n) is 6.17. The van der Waals surface area contributed by atoms with E-state index < -0.39 is 0 Å². The third kappa shape index (κ3) is 2.65. The molecule has 1 spiro atoms. The van der Waals surface area contributed by atoms with Gasteiger partial charge in [0.15, 0.2) is 0 Å². The Kier molecular flexibility index (Phi) is 3.96. The first kappa shape index (κ1) is 17.9. The van der Waals surface area contributed by atoms with E-state index in [0.717, 1.165) is 41.2 Å². The van der Waals surface area contributed by atoms with E-state index in [4.69, 9.17) is 10.7 Å². The van der Waals surface area contributed by atoms with Crippen molar-refractivity contribution in [2.75, 3.05) is 19.6 Å². The molecule has 5 rings (SSSR count). The van der Waals surface area contributed by atoms with E-state index in [1.54, 1.807) is 18.3 Å². The first-order valence-electron chi connectivity index (χ1n) is 9.72. The van der Waals surface area contributed by atoms with Crippen LogP contribution < -0.4 is 16.4 Å². The minimum atomic E-state index is -0.339. The second kappa shape index (κ2) is 6.42. The minimum absolute atomic E-state index is 0.0430. The fourth-order valence-corrected chi connectivity index (χ4v) is 4.49. The number of nitrogens with zero attached hydrogens (tertiary/aromatic N) is 1. The summed E-state index contributed by atoms with van der Waals surface area (Å²) in [7, 11) is 0. The number of carbonyl (C=O) groups excluding carboxylic acids is 1. The lowest BCUT2D eigenvalue weighted by Crippen LogP contribution is -2.64. The summed E-state index contributed by atoms with van der Waals surface area (Å²) in [5.41, 5.74) is 11.9. The standard InChI is InChI=1S/C22H22FN5O/c1-12(13-3-2-4-15(23)7-13)27-18-14(8-24)5-6-16-17-20(28-19(16)18)22(9-25-10-22)11-26-21(17)29/h2-4,7-8,25,28H,1,5-6,9-11,24H2,(H,26,29)/b14-8-,27-18?. The van der Waals surface area contributed by atoms with E-state index >= 15 is 0 Å². The summed E-state index contributed by atoms with van der Waals surface area (Å²) in [6, 6.07) is 6.20. The number of rotatable bonds is 2. The Labute approximate surface area is 167 Å². The Morgan fingerprint density at radius 3 is 2.79 bits per heavy atom. The second-order valence-electron chi connectivity index (χ2n) is 7.90. The van der Waals surface area contributed by atoms with Gasteiger partial charge in [0.25, 0.3) is 5.91 Å². The van der Waals surface area contributed by atoms with E-state index in [1.165, 1.54) is 12.1 Å². The molecule has 5 N–H and O–H groups in total. The van der Waals surface area contributed by atoms with Crippen molar-refractivity contribution in [3.05, 3.63) is 76.5 Å². The van der Waals surface area contributed by atoms with Crippen molar-refractivity contribution in [3.63, 3.8) is 0 Å². The molecule has 0 saturated carbocycles. The Morgan fingerprint density at radius 2 is 2.10 bits per heavy atom. The molecule has 3 heterocycles. The molecule has 2 aliphatic heterocycles. The number of nitrogens with two attached hydrogens (primary N) is 1. The first-order valence-corrected chi connectivity index (χ1v) is 9.72. The van der Waals surface area contributed by atoms with Gasteiger partial charge in [-0.05, 0) is 42.3 Å². The summed E-state index contributed by atoms with van der Waals surface area (Å²) >= 11 is 0. The minimum Gasteiger partial charge on any atom is -0.404 e. The normalized spacial score (nSPS) is 22.2. The van der Waals surface area contributed by atoms with Gasteiger partial charge in [-0.2, -0.15) is 0 Å². The number of benzene rings is 1. The molecule has 148 valence electrons. The highest BCUT2D eigenvalue weighted by Gasteiger charge is 2.48. The number of allylic oxidation sites excluding steroid dienone is 1. The monoisotopic (exact) mass is 391 g/mol. The van der Waals surface area contributed by atoms with E-state index in [2.05, 4.69) is 22.2 Å². The SMILES string of the molecule is C=C(N=C1/C(=C\N)CCc2c1[nH]c1c2C(=O)NCC12CNC2)c1cccc(F)c1. The summed E-state index contributed by atoms with van der Waals surface area (Å²) in [6.45, 7) is 6.29. The average Bonchev–Trinajstić information content (AvgIpc) is 3.08. The number of amides is 1. The van der Waals surface area contributed by atoms with Crippen molar-refractivity contribution in [1.82, 2.24) is 15.6 Å². The second-order valence-corrected chi connectivity index (χ2v) is 7.90. The highest BCUT2D eigenvalue weighted by atomic mass is 19.1. The lowest BCUT2D eigenvalue weighted by molar-refractivity contribution is 0.0905. The van der Waals surface area contributed by atoms with Gasteiger partial charge >= 0.3 is 0 Å². The average molecular weight is 391 g/mol. The third-order valence-corrected chi connectivity index (χ3v) is 6.17. The van der Waals surface area contributed by atoms with Crippen LogP contribution in [0.15, 0.2) is 47.6 Å². The van der Waals surface area contributed by atoms with E-state index in [-0.39, 0.29) is 17.1 Å². The van der Waals surface area contributed by atoms with Crippen LogP contribution in [0.4, 0.5) is 4.39 Å². The lowest BCUT2D eigenvalue weighted by Gasteiger charge is -2.45. The van der Waals surface area contributed by atoms with Crippen LogP contribution in [0, 0.1) is 5.82 Å². The summed E-state index contributed by atoms with van der Waals surface area (Å²) in [6.07, 6.45) is 2.95. The molecule has 29 heavy (non-hydrogen) atoms. The van der Waals surface area contributed by atoms with Crippen LogP contribution in [0.2, 0.25) is 0 Å². The van der Waals surface area contributed by atoms with Crippen LogP contribution >= 0.6 is 0 Å². The number of aliphatic imine (C=N–C) groups is 1. The Hall–Kier alpha value is -3.19. The molecule has 7 heteroatoms. The van der Waals surface area contributed by atoms with Gasteiger partial charge in [-0.25, -0.2) is 9.38 Å². The number of halogens is 1. The molecule has 2 aromatic rings. The fourth-order valence-electron chi connectivity index (χ4n) is 4.49. The molecule has 1 fully saturated rings. The van der Waals surface area contributed by atoms with Gasteiger partial charge in [0.2, 0.25) is 0 Å². The molecule has 1 aliphatic carbocycles. The predicted octanol–water partition coefficient (Wildman–Crippen LogP) is 1.99. The van der Waals surface area contributed by atoms with E-state index in [0.29, 0.717) is 36.4 Å². The zero-order valence-electron chi connectivity index (χ0n) is 15.9. The van der Waals surface area contributed by atoms with Gasteiger partial charge in [0, 0.05) is 30.9 Å². The summed E-state index contributed by atoms with van der Waals surface area (Å²) < 4.78 is 13.6. The van der Waals surface area contributed by atoms with Gasteiger partial charge in [-0.3, -0.25) is 4.79 Å². The summed E-state index contributed by atoms with van der Waals surface area (Å²) in [4.78, 5) is 20.9. The molecule has 0 radical (unpaired) electrons. The van der Waals surface area contributed by atoms with Crippen LogP contribution in [-0.4, -0.2) is 36.2 Å². The predicted molar refractivity (Wildman–Crippen MR) is 110 cm³/mol. The van der Waals surface area contributed by atoms with Crippen molar-refractivity contribution in [1.29, 1.82) is 0 Å². The topological polar surface area (TPSA) is 95.3 Å². The Bertz CT molecular complexity index is 1110.